The second kappa shape index (κ2) is 7.13. The van der Waals surface area contributed by atoms with Gasteiger partial charge < -0.3 is 15.7 Å². The molecule has 6 heteroatoms. The number of carbonyl (C=O) groups excluding carboxylic acids is 1. The molecule has 2 rings (SSSR count). The maximum absolute atomic E-state index is 12.1. The van der Waals surface area contributed by atoms with E-state index in [1.165, 1.54) is 19.3 Å². The fraction of sp³-hybridized carbons (Fsp3) is 0.750. The number of carbonyl (C=O) groups is 1. The molecule has 0 spiro atoms. The summed E-state index contributed by atoms with van der Waals surface area (Å²) >= 11 is 0. The van der Waals surface area contributed by atoms with Gasteiger partial charge in [-0.15, -0.1) is 0 Å². The highest BCUT2D eigenvalue weighted by Gasteiger charge is 2.28. The van der Waals surface area contributed by atoms with Crippen molar-refractivity contribution in [2.24, 2.45) is 13.0 Å². The molecule has 124 valence electrons. The van der Waals surface area contributed by atoms with Gasteiger partial charge in [-0.25, -0.2) is 4.79 Å². The monoisotopic (exact) mass is 308 g/mol. The van der Waals surface area contributed by atoms with Crippen molar-refractivity contribution in [3.8, 4) is 0 Å². The van der Waals surface area contributed by atoms with Gasteiger partial charge in [-0.05, 0) is 25.7 Å². The van der Waals surface area contributed by atoms with Gasteiger partial charge in [0.15, 0.2) is 0 Å². The maximum Gasteiger partial charge on any atom is 0.315 e. The van der Waals surface area contributed by atoms with E-state index in [0.717, 1.165) is 12.8 Å². The summed E-state index contributed by atoms with van der Waals surface area (Å²) in [5, 5.41) is 20.4. The van der Waals surface area contributed by atoms with Crippen molar-refractivity contribution < 1.29 is 9.90 Å². The normalized spacial score (nSPS) is 24.5. The van der Waals surface area contributed by atoms with Crippen LogP contribution in [0.5, 0.6) is 0 Å². The van der Waals surface area contributed by atoms with E-state index in [1.54, 1.807) is 31.0 Å². The molecule has 0 radical (unpaired) electrons. The zero-order valence-electron chi connectivity index (χ0n) is 13.8. The average molecular weight is 308 g/mol. The van der Waals surface area contributed by atoms with E-state index in [2.05, 4.69) is 22.7 Å². The minimum atomic E-state index is -1.12. The third-order valence-electron chi connectivity index (χ3n) is 4.67. The lowest BCUT2D eigenvalue weighted by Crippen LogP contribution is -2.49. The van der Waals surface area contributed by atoms with Crippen LogP contribution in [0.15, 0.2) is 12.4 Å². The number of amides is 2. The molecule has 1 aliphatic rings. The minimum Gasteiger partial charge on any atom is -0.383 e. The molecule has 22 heavy (non-hydrogen) atoms. The van der Waals surface area contributed by atoms with E-state index >= 15 is 0 Å². The van der Waals surface area contributed by atoms with Crippen LogP contribution in [0, 0.1) is 5.92 Å². The molecular weight excluding hydrogens is 280 g/mol. The summed E-state index contributed by atoms with van der Waals surface area (Å²) < 4.78 is 1.64. The van der Waals surface area contributed by atoms with Gasteiger partial charge >= 0.3 is 6.03 Å². The first-order chi connectivity index (χ1) is 10.4. The summed E-state index contributed by atoms with van der Waals surface area (Å²) in [5.74, 6) is 0.568. The molecule has 1 fully saturated rings. The van der Waals surface area contributed by atoms with Gasteiger partial charge in [0.1, 0.15) is 5.60 Å². The Morgan fingerprint density at radius 1 is 1.50 bits per heavy atom. The first kappa shape index (κ1) is 16.8. The average Bonchev–Trinajstić information content (AvgIpc) is 2.93. The third kappa shape index (κ3) is 4.22. The zero-order valence-corrected chi connectivity index (χ0v) is 13.8. The molecule has 2 amide bonds. The number of hydrogen-bond acceptors (Lipinski definition) is 3. The SMILES string of the molecule is CCC1CCCCC1NC(=O)NCC(C)(O)c1cnn(C)c1. The number of hydrogen-bond donors (Lipinski definition) is 3. The fourth-order valence-corrected chi connectivity index (χ4v) is 3.16. The number of nitrogens with one attached hydrogen (secondary N) is 2. The van der Waals surface area contributed by atoms with Gasteiger partial charge in [0.2, 0.25) is 0 Å². The Kier molecular flexibility index (Phi) is 5.45. The highest BCUT2D eigenvalue weighted by molar-refractivity contribution is 5.74. The fourth-order valence-electron chi connectivity index (χ4n) is 3.16. The van der Waals surface area contributed by atoms with E-state index in [4.69, 9.17) is 0 Å². The van der Waals surface area contributed by atoms with Crippen LogP contribution in [0.25, 0.3) is 0 Å². The Labute approximate surface area is 132 Å². The summed E-state index contributed by atoms with van der Waals surface area (Å²) in [4.78, 5) is 12.1. The van der Waals surface area contributed by atoms with Crippen LogP contribution in [0.4, 0.5) is 4.79 Å². The van der Waals surface area contributed by atoms with E-state index in [1.807, 2.05) is 0 Å². The zero-order chi connectivity index (χ0) is 16.2. The van der Waals surface area contributed by atoms with Crippen molar-refractivity contribution in [2.45, 2.75) is 57.6 Å². The lowest BCUT2D eigenvalue weighted by atomic mass is 9.83. The van der Waals surface area contributed by atoms with Crippen molar-refractivity contribution in [1.29, 1.82) is 0 Å². The summed E-state index contributed by atoms with van der Waals surface area (Å²) in [5.41, 5.74) is -0.429. The van der Waals surface area contributed by atoms with Gasteiger partial charge in [0.05, 0.1) is 12.7 Å². The molecule has 1 heterocycles. The van der Waals surface area contributed by atoms with Gasteiger partial charge in [-0.2, -0.15) is 5.10 Å². The van der Waals surface area contributed by atoms with Crippen LogP contribution in [-0.2, 0) is 12.6 Å². The number of aliphatic hydroxyl groups is 1. The Morgan fingerprint density at radius 2 is 2.23 bits per heavy atom. The summed E-state index contributed by atoms with van der Waals surface area (Å²) in [6.07, 6.45) is 9.14. The molecule has 1 aromatic heterocycles. The lowest BCUT2D eigenvalue weighted by Gasteiger charge is -2.32. The smallest absolute Gasteiger partial charge is 0.315 e. The van der Waals surface area contributed by atoms with Crippen LogP contribution < -0.4 is 10.6 Å². The van der Waals surface area contributed by atoms with Gasteiger partial charge in [0, 0.05) is 24.8 Å². The molecule has 3 unspecified atom stereocenters. The van der Waals surface area contributed by atoms with E-state index in [-0.39, 0.29) is 18.6 Å². The minimum absolute atomic E-state index is 0.161. The van der Waals surface area contributed by atoms with Gasteiger partial charge in [0.25, 0.3) is 0 Å². The molecule has 0 aliphatic heterocycles. The molecular formula is C16H28N4O2. The van der Waals surface area contributed by atoms with Crippen LogP contribution in [0.3, 0.4) is 0 Å². The first-order valence-corrected chi connectivity index (χ1v) is 8.18. The Balaban J connectivity index is 1.84. The molecule has 1 saturated carbocycles. The molecule has 0 aromatic carbocycles. The van der Waals surface area contributed by atoms with Crippen molar-refractivity contribution in [1.82, 2.24) is 20.4 Å². The molecule has 0 saturated heterocycles. The predicted octanol–water partition coefficient (Wildman–Crippen LogP) is 1.90. The number of rotatable bonds is 5. The standard InChI is InChI=1S/C16H28N4O2/c1-4-12-7-5-6-8-14(12)19-15(21)17-11-16(2,22)13-9-18-20(3)10-13/h9-10,12,14,22H,4-8,11H2,1-3H3,(H2,17,19,21). The topological polar surface area (TPSA) is 79.2 Å². The summed E-state index contributed by atoms with van der Waals surface area (Å²) in [6.45, 7) is 4.02. The van der Waals surface area contributed by atoms with Crippen molar-refractivity contribution in [3.63, 3.8) is 0 Å². The Bertz CT molecular complexity index is 498. The van der Waals surface area contributed by atoms with Crippen LogP contribution >= 0.6 is 0 Å². The van der Waals surface area contributed by atoms with Gasteiger partial charge in [-0.1, -0.05) is 26.2 Å². The largest absolute Gasteiger partial charge is 0.383 e. The summed E-state index contributed by atoms with van der Waals surface area (Å²) in [6, 6.07) is 0.0524. The number of urea groups is 1. The van der Waals surface area contributed by atoms with E-state index < -0.39 is 5.60 Å². The maximum atomic E-state index is 12.1. The van der Waals surface area contributed by atoms with Gasteiger partial charge in [-0.3, -0.25) is 4.68 Å². The van der Waals surface area contributed by atoms with Crippen molar-refractivity contribution >= 4 is 6.03 Å². The molecule has 6 nitrogen and oxygen atoms in total. The lowest BCUT2D eigenvalue weighted by molar-refractivity contribution is 0.0589. The number of nitrogens with zero attached hydrogens (tertiary/aromatic N) is 2. The summed E-state index contributed by atoms with van der Waals surface area (Å²) in [7, 11) is 1.80. The molecule has 1 aliphatic carbocycles. The van der Waals surface area contributed by atoms with Crippen LogP contribution in [0.2, 0.25) is 0 Å². The second-order valence-corrected chi connectivity index (χ2v) is 6.56. The molecule has 1 aromatic rings. The molecule has 0 bridgehead atoms. The highest BCUT2D eigenvalue weighted by Crippen LogP contribution is 2.26. The predicted molar refractivity (Wildman–Crippen MR) is 85.4 cm³/mol. The Morgan fingerprint density at radius 3 is 2.86 bits per heavy atom. The first-order valence-electron chi connectivity index (χ1n) is 8.18. The van der Waals surface area contributed by atoms with Crippen molar-refractivity contribution in [2.75, 3.05) is 6.54 Å². The van der Waals surface area contributed by atoms with E-state index in [0.29, 0.717) is 11.5 Å². The van der Waals surface area contributed by atoms with Crippen LogP contribution in [0.1, 0.15) is 51.5 Å². The molecule has 3 N–H and O–H groups in total. The van der Waals surface area contributed by atoms with E-state index in [9.17, 15) is 9.90 Å². The van der Waals surface area contributed by atoms with Crippen molar-refractivity contribution in [3.05, 3.63) is 18.0 Å². The second-order valence-electron chi connectivity index (χ2n) is 6.56. The van der Waals surface area contributed by atoms with Crippen LogP contribution in [-0.4, -0.2) is 33.5 Å². The number of aryl methyl sites for hydroxylation is 1. The number of aromatic nitrogens is 2. The highest BCUT2D eigenvalue weighted by atomic mass is 16.3. The Hall–Kier alpha value is -1.56. The molecule has 3 atom stereocenters. The third-order valence-corrected chi connectivity index (χ3v) is 4.67. The quantitative estimate of drug-likeness (QED) is 0.777.